The van der Waals surface area contributed by atoms with Crippen LogP contribution in [0.15, 0.2) is 77.9 Å². The number of nitrogens with zero attached hydrogens (tertiary/aromatic N) is 1. The van der Waals surface area contributed by atoms with Gasteiger partial charge in [-0.1, -0.05) is 60.7 Å². The molecule has 18 heteroatoms. The molecule has 0 radical (unpaired) electrons. The summed E-state index contributed by atoms with van der Waals surface area (Å²) in [6.45, 7) is 1.47. The number of aliphatic imine (C=N–C) groups is 1. The molecule has 0 aliphatic carbocycles. The predicted octanol–water partition coefficient (Wildman–Crippen LogP) is -0.221. The van der Waals surface area contributed by atoms with Gasteiger partial charge in [-0.15, -0.1) is 0 Å². The van der Waals surface area contributed by atoms with Crippen LogP contribution in [0.5, 0.6) is 0 Å². The first-order valence-electron chi connectivity index (χ1n) is 19.9. The van der Waals surface area contributed by atoms with Crippen LogP contribution in [0.4, 0.5) is 0 Å². The van der Waals surface area contributed by atoms with E-state index in [2.05, 4.69) is 41.9 Å². The number of fused-ring (bicyclic) bond motifs is 2. The van der Waals surface area contributed by atoms with Gasteiger partial charge in [-0.2, -0.15) is 0 Å². The first kappa shape index (κ1) is 44.1. The smallest absolute Gasteiger partial charge is 0.243 e. The van der Waals surface area contributed by atoms with Crippen molar-refractivity contribution in [1.82, 2.24) is 36.9 Å². The van der Waals surface area contributed by atoms with Crippen LogP contribution < -0.4 is 49.1 Å². The van der Waals surface area contributed by atoms with Gasteiger partial charge in [-0.25, -0.2) is 0 Å². The molecule has 3 aromatic carbocycles. The number of nitrogens with one attached hydrogen (secondary N) is 7. The minimum atomic E-state index is -1.35. The molecule has 5 atom stereocenters. The van der Waals surface area contributed by atoms with Gasteiger partial charge >= 0.3 is 0 Å². The number of carbonyl (C=O) groups is 7. The number of H-pyrrole nitrogens is 1. The van der Waals surface area contributed by atoms with Crippen molar-refractivity contribution in [1.29, 1.82) is 0 Å². The molecule has 13 N–H and O–H groups in total. The average Bonchev–Trinajstić information content (AvgIpc) is 3.62. The van der Waals surface area contributed by atoms with E-state index in [0.717, 1.165) is 21.7 Å². The number of rotatable bonds is 10. The monoisotopic (exact) mass is 823 g/mol. The van der Waals surface area contributed by atoms with E-state index in [9.17, 15) is 33.6 Å². The molecule has 1 fully saturated rings. The second kappa shape index (κ2) is 21.1. The molecule has 0 bridgehead atoms. The first-order chi connectivity index (χ1) is 28.8. The Labute approximate surface area is 346 Å². The molecular weight excluding hydrogens is 771 g/mol. The lowest BCUT2D eigenvalue weighted by Gasteiger charge is -2.27. The molecule has 2 heterocycles. The fourth-order valence-electron chi connectivity index (χ4n) is 7.10. The summed E-state index contributed by atoms with van der Waals surface area (Å²) in [7, 11) is 0. The zero-order valence-corrected chi connectivity index (χ0v) is 33.4. The van der Waals surface area contributed by atoms with Crippen molar-refractivity contribution in [2.24, 2.45) is 22.2 Å². The van der Waals surface area contributed by atoms with E-state index >= 15 is 0 Å². The van der Waals surface area contributed by atoms with Crippen LogP contribution in [0.3, 0.4) is 0 Å². The number of aromatic nitrogens is 1. The molecule has 0 saturated carbocycles. The van der Waals surface area contributed by atoms with Crippen LogP contribution >= 0.6 is 0 Å². The molecule has 7 amide bonds. The Morgan fingerprint density at radius 3 is 2.18 bits per heavy atom. The highest BCUT2D eigenvalue weighted by Gasteiger charge is 2.33. The largest absolute Gasteiger partial charge is 0.370 e. The standard InChI is InChI=1S/C42H53N11O7/c1-24(54)49-35-22-36(55)46-17-7-6-13-31(37(43)56)50-40(59)34(21-28-23-48-30-12-5-4-11-29(28)30)53-38(57)32(14-8-18-47-42(44)45)51-39(58)33(52-41(35)60)20-25-15-16-26-9-2-3-10-27(26)19-25/h2-5,9-12,15-16,19,23,31-35,48H,6-8,13-14,17-18,20-22H2,1H3,(H2,43,56)(H,46,55)(H,49,54)(H,50,59)(H,51,58)(H,52,60)(H,53,57)(H4,44,45,47)/t31?,32-,33+,34-,35?/m0/s1. The zero-order chi connectivity index (χ0) is 43.2. The number of primary amides is 1. The lowest BCUT2D eigenvalue weighted by atomic mass is 9.99. The second-order valence-corrected chi connectivity index (χ2v) is 14.8. The van der Waals surface area contributed by atoms with Gasteiger partial charge in [0, 0.05) is 50.0 Å². The molecule has 18 nitrogen and oxygen atoms in total. The number of nitrogens with two attached hydrogens (primary N) is 3. The van der Waals surface area contributed by atoms with Gasteiger partial charge in [-0.05, 0) is 60.1 Å². The molecule has 318 valence electrons. The summed E-state index contributed by atoms with van der Waals surface area (Å²) >= 11 is 0. The van der Waals surface area contributed by atoms with E-state index in [1.807, 2.05) is 66.7 Å². The van der Waals surface area contributed by atoms with E-state index < -0.39 is 78.0 Å². The topological polar surface area (TPSA) is 298 Å². The number of benzene rings is 3. The highest BCUT2D eigenvalue weighted by atomic mass is 16.2. The molecule has 0 spiro atoms. The summed E-state index contributed by atoms with van der Waals surface area (Å²) in [6, 6.07) is 14.3. The van der Waals surface area contributed by atoms with Crippen LogP contribution in [0.1, 0.15) is 56.6 Å². The Balaban J connectivity index is 1.52. The summed E-state index contributed by atoms with van der Waals surface area (Å²) in [5, 5.41) is 18.8. The number of hydrogen-bond donors (Lipinski definition) is 10. The molecule has 1 aliphatic rings. The minimum absolute atomic E-state index is 0.00104. The number of carbonyl (C=O) groups excluding carboxylic acids is 7. The molecular formula is C42H53N11O7. The highest BCUT2D eigenvalue weighted by Crippen LogP contribution is 2.20. The molecule has 5 rings (SSSR count). The summed E-state index contributed by atoms with van der Waals surface area (Å²) in [4.78, 5) is 102. The van der Waals surface area contributed by atoms with Gasteiger partial charge in [0.05, 0.1) is 6.42 Å². The summed E-state index contributed by atoms with van der Waals surface area (Å²) < 4.78 is 0. The van der Waals surface area contributed by atoms with Crippen molar-refractivity contribution >= 4 is 69.0 Å². The number of guanidine groups is 1. The Morgan fingerprint density at radius 2 is 1.43 bits per heavy atom. The normalized spacial score (nSPS) is 21.4. The van der Waals surface area contributed by atoms with Crippen molar-refractivity contribution < 1.29 is 33.6 Å². The van der Waals surface area contributed by atoms with Gasteiger partial charge in [-0.3, -0.25) is 38.6 Å². The number of amides is 7. The predicted molar refractivity (Wildman–Crippen MR) is 226 cm³/mol. The van der Waals surface area contributed by atoms with Crippen molar-refractivity contribution in [3.63, 3.8) is 0 Å². The quantitative estimate of drug-likeness (QED) is 0.0574. The first-order valence-corrected chi connectivity index (χ1v) is 19.9. The number of aromatic amines is 1. The van der Waals surface area contributed by atoms with Crippen LogP contribution in [0.2, 0.25) is 0 Å². The van der Waals surface area contributed by atoms with E-state index in [0.29, 0.717) is 24.0 Å². The van der Waals surface area contributed by atoms with Crippen molar-refractivity contribution in [3.8, 4) is 0 Å². The fourth-order valence-corrected chi connectivity index (χ4v) is 7.10. The third-order valence-electron chi connectivity index (χ3n) is 10.2. The van der Waals surface area contributed by atoms with Crippen molar-refractivity contribution in [2.45, 2.75) is 88.5 Å². The third kappa shape index (κ3) is 12.8. The SMILES string of the molecule is CC(=O)NC1CC(=O)NCCCCC(C(N)=O)NC(=O)[C@H](Cc2c[nH]c3ccccc23)NC(=O)[C@H](CCCN=C(N)N)NC(=O)[C@@H](Cc2ccc3ccccc3c2)NC1=O. The molecule has 2 unspecified atom stereocenters. The summed E-state index contributed by atoms with van der Waals surface area (Å²) in [6.07, 6.45) is 2.35. The van der Waals surface area contributed by atoms with E-state index in [4.69, 9.17) is 17.2 Å². The van der Waals surface area contributed by atoms with E-state index in [1.54, 1.807) is 6.20 Å². The second-order valence-electron chi connectivity index (χ2n) is 14.8. The van der Waals surface area contributed by atoms with Crippen LogP contribution in [0, 0.1) is 0 Å². The van der Waals surface area contributed by atoms with Crippen LogP contribution in [-0.4, -0.2) is 95.6 Å². The number of hydrogen-bond acceptors (Lipinski definition) is 8. The average molecular weight is 824 g/mol. The van der Waals surface area contributed by atoms with Crippen molar-refractivity contribution in [2.75, 3.05) is 13.1 Å². The Kier molecular flexibility index (Phi) is 15.6. The van der Waals surface area contributed by atoms with Crippen LogP contribution in [-0.2, 0) is 46.4 Å². The summed E-state index contributed by atoms with van der Waals surface area (Å²) in [5.41, 5.74) is 19.0. The minimum Gasteiger partial charge on any atom is -0.370 e. The van der Waals surface area contributed by atoms with Crippen LogP contribution in [0.25, 0.3) is 21.7 Å². The molecule has 1 saturated heterocycles. The Bertz CT molecular complexity index is 2240. The Morgan fingerprint density at radius 1 is 0.767 bits per heavy atom. The maximum absolute atomic E-state index is 14.4. The van der Waals surface area contributed by atoms with Gasteiger partial charge in [0.15, 0.2) is 5.96 Å². The van der Waals surface area contributed by atoms with Gasteiger partial charge < -0.3 is 54.1 Å². The van der Waals surface area contributed by atoms with Gasteiger partial charge in [0.25, 0.3) is 0 Å². The number of para-hydroxylation sites is 1. The van der Waals surface area contributed by atoms with Crippen molar-refractivity contribution in [3.05, 3.63) is 84.1 Å². The maximum Gasteiger partial charge on any atom is 0.243 e. The van der Waals surface area contributed by atoms with Gasteiger partial charge in [0.1, 0.15) is 30.2 Å². The lowest BCUT2D eigenvalue weighted by Crippen LogP contribution is -2.60. The summed E-state index contributed by atoms with van der Waals surface area (Å²) in [5.74, 6) is -5.07. The third-order valence-corrected chi connectivity index (χ3v) is 10.2. The van der Waals surface area contributed by atoms with Gasteiger partial charge in [0.2, 0.25) is 41.4 Å². The maximum atomic E-state index is 14.4. The molecule has 4 aromatic rings. The lowest BCUT2D eigenvalue weighted by molar-refractivity contribution is -0.135. The molecule has 60 heavy (non-hydrogen) atoms. The molecule has 1 aromatic heterocycles. The highest BCUT2D eigenvalue weighted by molar-refractivity contribution is 5.98. The molecule has 1 aliphatic heterocycles. The van der Waals surface area contributed by atoms with E-state index in [1.165, 1.54) is 6.92 Å². The van der Waals surface area contributed by atoms with E-state index in [-0.39, 0.29) is 51.2 Å². The Hall–Kier alpha value is -6.98. The zero-order valence-electron chi connectivity index (χ0n) is 33.4. The fraction of sp³-hybridized carbons (Fsp3) is 0.381.